The fourth-order valence-electron chi connectivity index (χ4n) is 2.59. The Labute approximate surface area is 158 Å². The van der Waals surface area contributed by atoms with Crippen LogP contribution in [0.4, 0.5) is 13.2 Å². The van der Waals surface area contributed by atoms with Crippen LogP contribution in [-0.4, -0.2) is 29.5 Å². The molecule has 0 radical (unpaired) electrons. The maximum atomic E-state index is 12.6. The molecule has 0 aliphatic heterocycles. The van der Waals surface area contributed by atoms with Crippen molar-refractivity contribution in [1.29, 1.82) is 0 Å². The second-order valence-corrected chi connectivity index (χ2v) is 6.66. The molecule has 2 aromatic heterocycles. The Morgan fingerprint density at radius 3 is 2.74 bits per heavy atom. The van der Waals surface area contributed by atoms with E-state index in [1.54, 1.807) is 13.2 Å². The molecule has 27 heavy (non-hydrogen) atoms. The standard InChI is InChI=1S/C18H18F3N5S/c1-22-17(25-10-15-26-14(11-27-15)18(19,20)21)24-9-7-13-5-2-4-12-6-3-8-23-16(12)13/h2-6,8,11H,7,9-10H2,1H3,(H2,22,24,25). The minimum atomic E-state index is -4.42. The summed E-state index contributed by atoms with van der Waals surface area (Å²) in [7, 11) is 1.61. The number of hydrogen-bond acceptors (Lipinski definition) is 4. The third kappa shape index (κ3) is 4.94. The highest BCUT2D eigenvalue weighted by molar-refractivity contribution is 7.09. The highest BCUT2D eigenvalue weighted by Crippen LogP contribution is 2.29. The Balaban J connectivity index is 1.53. The third-order valence-electron chi connectivity index (χ3n) is 3.88. The molecule has 0 saturated heterocycles. The molecule has 5 nitrogen and oxygen atoms in total. The lowest BCUT2D eigenvalue weighted by molar-refractivity contribution is -0.140. The van der Waals surface area contributed by atoms with Gasteiger partial charge < -0.3 is 10.6 Å². The van der Waals surface area contributed by atoms with Gasteiger partial charge in [0.2, 0.25) is 0 Å². The van der Waals surface area contributed by atoms with Gasteiger partial charge in [0.1, 0.15) is 5.01 Å². The highest BCUT2D eigenvalue weighted by atomic mass is 32.1. The van der Waals surface area contributed by atoms with Crippen molar-refractivity contribution >= 4 is 28.2 Å². The van der Waals surface area contributed by atoms with E-state index in [4.69, 9.17) is 0 Å². The van der Waals surface area contributed by atoms with Crippen LogP contribution >= 0.6 is 11.3 Å². The van der Waals surface area contributed by atoms with Gasteiger partial charge in [0.25, 0.3) is 0 Å². The summed E-state index contributed by atoms with van der Waals surface area (Å²) in [4.78, 5) is 12.1. The highest BCUT2D eigenvalue weighted by Gasteiger charge is 2.33. The van der Waals surface area contributed by atoms with Crippen molar-refractivity contribution in [3.63, 3.8) is 0 Å². The molecule has 0 spiro atoms. The van der Waals surface area contributed by atoms with Crippen LogP contribution in [0.15, 0.2) is 46.9 Å². The van der Waals surface area contributed by atoms with E-state index in [2.05, 4.69) is 25.6 Å². The number of nitrogens with zero attached hydrogens (tertiary/aromatic N) is 3. The van der Waals surface area contributed by atoms with Crippen LogP contribution in [0, 0.1) is 0 Å². The van der Waals surface area contributed by atoms with Crippen LogP contribution < -0.4 is 10.6 Å². The average molecular weight is 393 g/mol. The first-order valence-electron chi connectivity index (χ1n) is 8.26. The number of aromatic nitrogens is 2. The van der Waals surface area contributed by atoms with Crippen molar-refractivity contribution in [3.8, 4) is 0 Å². The van der Waals surface area contributed by atoms with Gasteiger partial charge in [0, 0.05) is 30.6 Å². The number of para-hydroxylation sites is 1. The van der Waals surface area contributed by atoms with E-state index in [1.165, 1.54) is 0 Å². The van der Waals surface area contributed by atoms with E-state index in [0.717, 1.165) is 39.6 Å². The molecule has 0 aliphatic rings. The normalized spacial score (nSPS) is 12.4. The van der Waals surface area contributed by atoms with Crippen LogP contribution in [0.5, 0.6) is 0 Å². The summed E-state index contributed by atoms with van der Waals surface area (Å²) in [6.07, 6.45) is -1.91. The molecule has 3 rings (SSSR count). The lowest BCUT2D eigenvalue weighted by atomic mass is 10.1. The molecular formula is C18H18F3N5S. The quantitative estimate of drug-likeness (QED) is 0.513. The van der Waals surface area contributed by atoms with Crippen LogP contribution in [-0.2, 0) is 19.1 Å². The topological polar surface area (TPSA) is 62.2 Å². The number of aliphatic imine (C=N–C) groups is 1. The predicted octanol–water partition coefficient (Wildman–Crippen LogP) is 3.62. The molecule has 2 N–H and O–H groups in total. The number of nitrogens with one attached hydrogen (secondary N) is 2. The number of fused-ring (bicyclic) bond motifs is 1. The van der Waals surface area contributed by atoms with E-state index >= 15 is 0 Å². The first-order valence-corrected chi connectivity index (χ1v) is 9.14. The van der Waals surface area contributed by atoms with Crippen LogP contribution in [0.2, 0.25) is 0 Å². The molecule has 0 bridgehead atoms. The van der Waals surface area contributed by atoms with Gasteiger partial charge in [-0.1, -0.05) is 24.3 Å². The van der Waals surface area contributed by atoms with Gasteiger partial charge in [0.15, 0.2) is 11.7 Å². The molecule has 0 saturated carbocycles. The van der Waals surface area contributed by atoms with Crippen LogP contribution in [0.3, 0.4) is 0 Å². The Hall–Kier alpha value is -2.68. The number of hydrogen-bond donors (Lipinski definition) is 2. The van der Waals surface area contributed by atoms with Crippen molar-refractivity contribution in [2.75, 3.05) is 13.6 Å². The summed E-state index contributed by atoms with van der Waals surface area (Å²) in [5, 5.41) is 8.58. The number of pyridine rings is 1. The zero-order chi connectivity index (χ0) is 19.3. The first-order chi connectivity index (χ1) is 13.0. The van der Waals surface area contributed by atoms with Crippen molar-refractivity contribution in [2.45, 2.75) is 19.1 Å². The lowest BCUT2D eigenvalue weighted by Gasteiger charge is -2.11. The molecule has 0 atom stereocenters. The van der Waals surface area contributed by atoms with Gasteiger partial charge in [-0.05, 0) is 18.1 Å². The van der Waals surface area contributed by atoms with Crippen molar-refractivity contribution in [2.24, 2.45) is 4.99 Å². The zero-order valence-corrected chi connectivity index (χ0v) is 15.4. The van der Waals surface area contributed by atoms with E-state index in [0.29, 0.717) is 17.5 Å². The van der Waals surface area contributed by atoms with Gasteiger partial charge in [-0.3, -0.25) is 9.98 Å². The van der Waals surface area contributed by atoms with Crippen LogP contribution in [0.25, 0.3) is 10.9 Å². The Kier molecular flexibility index (Phi) is 5.90. The van der Waals surface area contributed by atoms with Crippen molar-refractivity contribution in [1.82, 2.24) is 20.6 Å². The molecule has 142 valence electrons. The molecule has 0 amide bonds. The monoisotopic (exact) mass is 393 g/mol. The fraction of sp³-hybridized carbons (Fsp3) is 0.278. The van der Waals surface area contributed by atoms with Gasteiger partial charge >= 0.3 is 6.18 Å². The van der Waals surface area contributed by atoms with Gasteiger partial charge in [-0.15, -0.1) is 11.3 Å². The largest absolute Gasteiger partial charge is 0.434 e. The number of alkyl halides is 3. The Morgan fingerprint density at radius 2 is 2.00 bits per heavy atom. The fourth-order valence-corrected chi connectivity index (χ4v) is 3.33. The third-order valence-corrected chi connectivity index (χ3v) is 4.72. The molecule has 0 aliphatic carbocycles. The molecule has 0 unspecified atom stereocenters. The molecule has 1 aromatic carbocycles. The van der Waals surface area contributed by atoms with E-state index in [1.807, 2.05) is 30.3 Å². The number of halogens is 3. The summed E-state index contributed by atoms with van der Waals surface area (Å²) < 4.78 is 37.8. The minimum absolute atomic E-state index is 0.177. The molecule has 0 fully saturated rings. The molecule has 9 heteroatoms. The minimum Gasteiger partial charge on any atom is -0.356 e. The summed E-state index contributed by atoms with van der Waals surface area (Å²) in [6, 6.07) is 9.96. The maximum absolute atomic E-state index is 12.6. The number of benzene rings is 1. The van der Waals surface area contributed by atoms with Gasteiger partial charge in [-0.25, -0.2) is 4.98 Å². The van der Waals surface area contributed by atoms with Gasteiger partial charge in [-0.2, -0.15) is 13.2 Å². The summed E-state index contributed by atoms with van der Waals surface area (Å²) >= 11 is 0.966. The van der Waals surface area contributed by atoms with Crippen molar-refractivity contribution in [3.05, 3.63) is 58.2 Å². The smallest absolute Gasteiger partial charge is 0.356 e. The zero-order valence-electron chi connectivity index (χ0n) is 14.5. The maximum Gasteiger partial charge on any atom is 0.434 e. The van der Waals surface area contributed by atoms with Crippen molar-refractivity contribution < 1.29 is 13.2 Å². The molecular weight excluding hydrogens is 375 g/mol. The number of guanidine groups is 1. The molecule has 2 heterocycles. The van der Waals surface area contributed by atoms with E-state index < -0.39 is 11.9 Å². The SMILES string of the molecule is CN=C(NCCc1cccc2cccnc12)NCc1nc(C(F)(F)F)cs1. The van der Waals surface area contributed by atoms with Gasteiger partial charge in [0.05, 0.1) is 12.1 Å². The van der Waals surface area contributed by atoms with E-state index in [9.17, 15) is 13.2 Å². The summed E-state index contributed by atoms with van der Waals surface area (Å²) in [5.41, 5.74) is 1.22. The van der Waals surface area contributed by atoms with Crippen LogP contribution in [0.1, 0.15) is 16.3 Å². The molecule has 3 aromatic rings. The summed E-state index contributed by atoms with van der Waals surface area (Å²) in [6.45, 7) is 0.789. The summed E-state index contributed by atoms with van der Waals surface area (Å²) in [5.74, 6) is 0.506. The second-order valence-electron chi connectivity index (χ2n) is 5.72. The second kappa shape index (κ2) is 8.34. The lowest BCUT2D eigenvalue weighted by Crippen LogP contribution is -2.37. The first kappa shape index (κ1) is 19.1. The average Bonchev–Trinajstić information content (AvgIpc) is 3.14. The Bertz CT molecular complexity index is 931. The number of rotatable bonds is 5. The Morgan fingerprint density at radius 1 is 1.19 bits per heavy atom. The van der Waals surface area contributed by atoms with E-state index in [-0.39, 0.29) is 6.54 Å². The number of thiazole rings is 1. The predicted molar refractivity (Wildman–Crippen MR) is 101 cm³/mol.